The molecule has 0 saturated carbocycles. The van der Waals surface area contributed by atoms with Crippen molar-refractivity contribution in [2.75, 3.05) is 33.8 Å². The highest BCUT2D eigenvalue weighted by Gasteiger charge is 2.04. The Morgan fingerprint density at radius 2 is 2.00 bits per heavy atom. The summed E-state index contributed by atoms with van der Waals surface area (Å²) in [4.78, 5) is 23.7. The second-order valence-corrected chi connectivity index (χ2v) is 3.14. The van der Waals surface area contributed by atoms with E-state index >= 15 is 0 Å². The van der Waals surface area contributed by atoms with Gasteiger partial charge in [0.2, 0.25) is 5.91 Å². The molecule has 0 spiro atoms. The fraction of sp³-hybridized carbons (Fsp3) is 0.778. The van der Waals surface area contributed by atoms with Gasteiger partial charge in [-0.2, -0.15) is 0 Å². The molecule has 82 valence electrons. The molecule has 0 aliphatic carbocycles. The summed E-state index contributed by atoms with van der Waals surface area (Å²) < 4.78 is 4.70. The van der Waals surface area contributed by atoms with Crippen LogP contribution in [-0.4, -0.2) is 50.6 Å². The number of esters is 1. The highest BCUT2D eigenvalue weighted by Crippen LogP contribution is 1.84. The van der Waals surface area contributed by atoms with Crippen molar-refractivity contribution < 1.29 is 14.3 Å². The zero-order valence-electron chi connectivity index (χ0n) is 9.00. The second kappa shape index (κ2) is 7.32. The molecule has 5 nitrogen and oxygen atoms in total. The van der Waals surface area contributed by atoms with Gasteiger partial charge in [-0.1, -0.05) is 0 Å². The molecule has 0 bridgehead atoms. The lowest BCUT2D eigenvalue weighted by Crippen LogP contribution is -2.34. The van der Waals surface area contributed by atoms with Crippen molar-refractivity contribution in [3.05, 3.63) is 0 Å². The first-order valence-electron chi connectivity index (χ1n) is 4.63. The number of nitrogens with one attached hydrogen (secondary N) is 1. The van der Waals surface area contributed by atoms with Crippen molar-refractivity contribution in [3.8, 4) is 0 Å². The second-order valence-electron chi connectivity index (χ2n) is 3.14. The normalized spacial score (nSPS) is 10.0. The number of amides is 1. The van der Waals surface area contributed by atoms with E-state index in [0.717, 1.165) is 0 Å². The van der Waals surface area contributed by atoms with Gasteiger partial charge in [-0.3, -0.25) is 9.59 Å². The number of likely N-dealkylation sites (N-methyl/N-ethyl adjacent to an activating group) is 1. The third-order valence-electron chi connectivity index (χ3n) is 1.42. The Hall–Kier alpha value is -1.10. The fourth-order valence-corrected chi connectivity index (χ4v) is 0.880. The van der Waals surface area contributed by atoms with Crippen LogP contribution in [0.3, 0.4) is 0 Å². The number of rotatable bonds is 6. The van der Waals surface area contributed by atoms with E-state index in [1.807, 2.05) is 14.1 Å². The van der Waals surface area contributed by atoms with Crippen LogP contribution in [0.1, 0.15) is 13.3 Å². The van der Waals surface area contributed by atoms with Gasteiger partial charge in [0.1, 0.15) is 0 Å². The van der Waals surface area contributed by atoms with E-state index in [9.17, 15) is 9.59 Å². The van der Waals surface area contributed by atoms with Crippen LogP contribution in [0.5, 0.6) is 0 Å². The van der Waals surface area contributed by atoms with Crippen molar-refractivity contribution in [2.24, 2.45) is 0 Å². The van der Waals surface area contributed by atoms with E-state index in [1.165, 1.54) is 0 Å². The lowest BCUT2D eigenvalue weighted by Gasteiger charge is -2.09. The van der Waals surface area contributed by atoms with Crippen molar-refractivity contribution in [1.29, 1.82) is 0 Å². The van der Waals surface area contributed by atoms with Crippen LogP contribution in [-0.2, 0) is 14.3 Å². The zero-order valence-corrected chi connectivity index (χ0v) is 9.00. The molecule has 14 heavy (non-hydrogen) atoms. The SMILES string of the molecule is CCOC(=O)CCNC(=O)CN(C)C. The summed E-state index contributed by atoms with van der Waals surface area (Å²) >= 11 is 0. The van der Waals surface area contributed by atoms with Gasteiger partial charge in [0.25, 0.3) is 0 Å². The van der Waals surface area contributed by atoms with Crippen molar-refractivity contribution in [3.63, 3.8) is 0 Å². The Labute approximate surface area is 84.4 Å². The summed E-state index contributed by atoms with van der Waals surface area (Å²) in [6.45, 7) is 2.81. The van der Waals surface area contributed by atoms with Gasteiger partial charge in [-0.05, 0) is 21.0 Å². The molecule has 0 saturated heterocycles. The highest BCUT2D eigenvalue weighted by molar-refractivity contribution is 5.78. The fourth-order valence-electron chi connectivity index (χ4n) is 0.880. The number of nitrogens with zero attached hydrogens (tertiary/aromatic N) is 1. The standard InChI is InChI=1S/C9H18N2O3/c1-4-14-9(13)5-6-10-8(12)7-11(2)3/h4-7H2,1-3H3,(H,10,12). The molecule has 1 N–H and O–H groups in total. The molecule has 0 atom stereocenters. The van der Waals surface area contributed by atoms with Crippen LogP contribution >= 0.6 is 0 Å². The molecular formula is C9H18N2O3. The molecule has 0 aliphatic heterocycles. The molecule has 0 unspecified atom stereocenters. The minimum atomic E-state index is -0.280. The Bertz CT molecular complexity index is 192. The molecule has 0 fully saturated rings. The van der Waals surface area contributed by atoms with Gasteiger partial charge in [-0.15, -0.1) is 0 Å². The largest absolute Gasteiger partial charge is 0.466 e. The summed E-state index contributed by atoms with van der Waals surface area (Å²) in [6.07, 6.45) is 0.229. The molecule has 0 aromatic rings. The molecule has 0 aromatic heterocycles. The number of hydrogen-bond donors (Lipinski definition) is 1. The van der Waals surface area contributed by atoms with E-state index < -0.39 is 0 Å². The van der Waals surface area contributed by atoms with Crippen molar-refractivity contribution in [2.45, 2.75) is 13.3 Å². The third kappa shape index (κ3) is 7.54. The van der Waals surface area contributed by atoms with E-state index in [2.05, 4.69) is 5.32 Å². The van der Waals surface area contributed by atoms with Crippen molar-refractivity contribution in [1.82, 2.24) is 10.2 Å². The van der Waals surface area contributed by atoms with Crippen LogP contribution in [0.2, 0.25) is 0 Å². The molecule has 0 rings (SSSR count). The Balaban J connectivity index is 3.44. The van der Waals surface area contributed by atoms with Crippen LogP contribution in [0, 0.1) is 0 Å². The minimum absolute atomic E-state index is 0.0840. The van der Waals surface area contributed by atoms with Gasteiger partial charge in [-0.25, -0.2) is 0 Å². The molecule has 0 aliphatic rings. The number of carbonyl (C=O) groups is 2. The van der Waals surface area contributed by atoms with Gasteiger partial charge in [0, 0.05) is 6.54 Å². The van der Waals surface area contributed by atoms with Gasteiger partial charge in [0.15, 0.2) is 0 Å². The van der Waals surface area contributed by atoms with Gasteiger partial charge >= 0.3 is 5.97 Å². The topological polar surface area (TPSA) is 58.6 Å². The van der Waals surface area contributed by atoms with Crippen LogP contribution in [0.25, 0.3) is 0 Å². The molecule has 0 aromatic carbocycles. The molecule has 5 heteroatoms. The summed E-state index contributed by atoms with van der Waals surface area (Å²) in [6, 6.07) is 0. The summed E-state index contributed by atoms with van der Waals surface area (Å²) in [5, 5.41) is 2.62. The van der Waals surface area contributed by atoms with Crippen LogP contribution in [0.15, 0.2) is 0 Å². The van der Waals surface area contributed by atoms with Gasteiger partial charge in [0.05, 0.1) is 19.6 Å². The molecular weight excluding hydrogens is 184 g/mol. The first kappa shape index (κ1) is 12.9. The lowest BCUT2D eigenvalue weighted by molar-refractivity contribution is -0.143. The average molecular weight is 202 g/mol. The smallest absolute Gasteiger partial charge is 0.307 e. The van der Waals surface area contributed by atoms with Crippen molar-refractivity contribution >= 4 is 11.9 Å². The quantitative estimate of drug-likeness (QED) is 0.596. The number of ether oxygens (including phenoxy) is 1. The molecule has 0 radical (unpaired) electrons. The first-order valence-corrected chi connectivity index (χ1v) is 4.63. The highest BCUT2D eigenvalue weighted by atomic mass is 16.5. The van der Waals surface area contributed by atoms with E-state index in [0.29, 0.717) is 19.7 Å². The first-order chi connectivity index (χ1) is 6.56. The number of carbonyl (C=O) groups excluding carboxylic acids is 2. The number of hydrogen-bond acceptors (Lipinski definition) is 4. The average Bonchev–Trinajstić information content (AvgIpc) is 2.02. The predicted octanol–water partition coefficient (Wildman–Crippen LogP) is -0.383. The summed E-state index contributed by atoms with van der Waals surface area (Å²) in [5.41, 5.74) is 0. The lowest BCUT2D eigenvalue weighted by atomic mass is 10.4. The van der Waals surface area contributed by atoms with E-state index in [4.69, 9.17) is 4.74 Å². The minimum Gasteiger partial charge on any atom is -0.466 e. The third-order valence-corrected chi connectivity index (χ3v) is 1.42. The van der Waals surface area contributed by atoms with Gasteiger partial charge < -0.3 is 15.0 Å². The Morgan fingerprint density at radius 3 is 2.50 bits per heavy atom. The summed E-state index contributed by atoms with van der Waals surface area (Å²) in [7, 11) is 3.62. The van der Waals surface area contributed by atoms with E-state index in [-0.39, 0.29) is 18.3 Å². The summed E-state index contributed by atoms with van der Waals surface area (Å²) in [5.74, 6) is -0.364. The molecule has 0 heterocycles. The monoisotopic (exact) mass is 202 g/mol. The predicted molar refractivity (Wildman–Crippen MR) is 52.8 cm³/mol. The maximum absolute atomic E-state index is 11.1. The van der Waals surface area contributed by atoms with Crippen LogP contribution < -0.4 is 5.32 Å². The molecule has 1 amide bonds. The maximum atomic E-state index is 11.1. The zero-order chi connectivity index (χ0) is 11.0. The van der Waals surface area contributed by atoms with Crippen LogP contribution in [0.4, 0.5) is 0 Å². The van der Waals surface area contributed by atoms with E-state index in [1.54, 1.807) is 11.8 Å². The maximum Gasteiger partial charge on any atom is 0.307 e. The Morgan fingerprint density at radius 1 is 1.36 bits per heavy atom. The Kier molecular flexibility index (Phi) is 6.74.